The van der Waals surface area contributed by atoms with Gasteiger partial charge < -0.3 is 25.0 Å². The van der Waals surface area contributed by atoms with Crippen molar-refractivity contribution in [2.45, 2.75) is 32.3 Å². The highest BCUT2D eigenvalue weighted by atomic mass is 16.5. The van der Waals surface area contributed by atoms with Crippen molar-refractivity contribution >= 4 is 28.2 Å². The van der Waals surface area contributed by atoms with E-state index in [1.165, 1.54) is 5.69 Å². The van der Waals surface area contributed by atoms with Gasteiger partial charge in [-0.2, -0.15) is 0 Å². The van der Waals surface area contributed by atoms with Crippen LogP contribution in [0.5, 0.6) is 5.75 Å². The number of morpholine rings is 1. The van der Waals surface area contributed by atoms with Crippen molar-refractivity contribution in [2.24, 2.45) is 0 Å². The number of ether oxygens (including phenoxy) is 2. The van der Waals surface area contributed by atoms with Crippen molar-refractivity contribution in [3.63, 3.8) is 0 Å². The first-order valence-electron chi connectivity index (χ1n) is 11.6. The second kappa shape index (κ2) is 9.71. The van der Waals surface area contributed by atoms with E-state index >= 15 is 0 Å². The Balaban J connectivity index is 1.35. The first kappa shape index (κ1) is 21.0. The van der Waals surface area contributed by atoms with Crippen molar-refractivity contribution in [2.75, 3.05) is 49.6 Å². The van der Waals surface area contributed by atoms with Gasteiger partial charge in [-0.3, -0.25) is 0 Å². The van der Waals surface area contributed by atoms with Gasteiger partial charge in [-0.25, -0.2) is 9.97 Å². The third-order valence-corrected chi connectivity index (χ3v) is 6.11. The van der Waals surface area contributed by atoms with Crippen LogP contribution in [0.25, 0.3) is 10.9 Å². The van der Waals surface area contributed by atoms with E-state index in [0.717, 1.165) is 86.6 Å². The Hall–Kier alpha value is -2.90. The van der Waals surface area contributed by atoms with Crippen LogP contribution in [0.4, 0.5) is 17.3 Å². The van der Waals surface area contributed by atoms with Crippen molar-refractivity contribution in [1.82, 2.24) is 15.3 Å². The normalized spacial score (nSPS) is 19.5. The number of hydrogen-bond donors (Lipinski definition) is 2. The number of nitrogens with one attached hydrogen (secondary N) is 2. The Kier molecular flexibility index (Phi) is 6.36. The second-order valence-electron chi connectivity index (χ2n) is 8.59. The Morgan fingerprint density at radius 3 is 2.78 bits per heavy atom. The van der Waals surface area contributed by atoms with E-state index in [4.69, 9.17) is 14.5 Å². The average molecular weight is 434 g/mol. The summed E-state index contributed by atoms with van der Waals surface area (Å²) in [6.07, 6.45) is 5.31. The lowest BCUT2D eigenvalue weighted by molar-refractivity contribution is 0.122. The minimum Gasteiger partial charge on any atom is -0.488 e. The molecule has 0 radical (unpaired) electrons. The topological polar surface area (TPSA) is 71.5 Å². The standard InChI is InChI=1S/C25H31N5O2/c1-18-15-19-17-27-25(28-20-4-6-21(7-5-20)30-11-13-31-14-12-30)29-24(19)23(16-18)32-22-3-2-9-26-10-8-22/h4-7,15-17,22,26H,2-3,8-14H2,1H3,(H,27,28,29). The van der Waals surface area contributed by atoms with E-state index in [-0.39, 0.29) is 6.10 Å². The van der Waals surface area contributed by atoms with E-state index in [2.05, 4.69) is 63.8 Å². The van der Waals surface area contributed by atoms with Gasteiger partial charge >= 0.3 is 0 Å². The molecule has 1 atom stereocenters. The molecule has 0 spiro atoms. The number of anilines is 3. The lowest BCUT2D eigenvalue weighted by Crippen LogP contribution is -2.36. The fourth-order valence-electron chi connectivity index (χ4n) is 4.40. The van der Waals surface area contributed by atoms with Crippen LogP contribution in [-0.4, -0.2) is 55.5 Å². The van der Waals surface area contributed by atoms with Gasteiger partial charge in [0.25, 0.3) is 0 Å². The molecule has 2 fully saturated rings. The molecule has 1 unspecified atom stereocenters. The van der Waals surface area contributed by atoms with Crippen LogP contribution in [0, 0.1) is 6.92 Å². The maximum atomic E-state index is 6.44. The number of benzene rings is 2. The summed E-state index contributed by atoms with van der Waals surface area (Å²) >= 11 is 0. The molecule has 3 heterocycles. The molecule has 32 heavy (non-hydrogen) atoms. The molecule has 0 saturated carbocycles. The Bertz CT molecular complexity index is 1040. The van der Waals surface area contributed by atoms with Gasteiger partial charge in [-0.1, -0.05) is 0 Å². The van der Waals surface area contributed by atoms with Gasteiger partial charge in [-0.05, 0) is 81.2 Å². The van der Waals surface area contributed by atoms with Gasteiger partial charge in [0.1, 0.15) is 17.4 Å². The van der Waals surface area contributed by atoms with Gasteiger partial charge in [0, 0.05) is 36.0 Å². The molecule has 5 rings (SSSR count). The SMILES string of the molecule is Cc1cc(OC2CCCNCC2)c2nc(Nc3ccc(N4CCOCC4)cc3)ncc2c1. The molecule has 7 nitrogen and oxygen atoms in total. The number of aryl methyl sites for hydroxylation is 1. The lowest BCUT2D eigenvalue weighted by atomic mass is 10.1. The zero-order chi connectivity index (χ0) is 21.8. The van der Waals surface area contributed by atoms with Crippen molar-refractivity contribution in [3.05, 3.63) is 48.2 Å². The van der Waals surface area contributed by atoms with E-state index in [0.29, 0.717) is 5.95 Å². The number of hydrogen-bond acceptors (Lipinski definition) is 7. The highest BCUT2D eigenvalue weighted by Gasteiger charge is 2.17. The smallest absolute Gasteiger partial charge is 0.227 e. The van der Waals surface area contributed by atoms with Crippen molar-refractivity contribution in [3.8, 4) is 5.75 Å². The van der Waals surface area contributed by atoms with Gasteiger partial charge in [0.2, 0.25) is 5.95 Å². The minimum absolute atomic E-state index is 0.217. The monoisotopic (exact) mass is 433 g/mol. The van der Waals surface area contributed by atoms with Gasteiger partial charge in [0.05, 0.1) is 13.2 Å². The molecule has 2 aliphatic heterocycles. The summed E-state index contributed by atoms with van der Waals surface area (Å²) in [5.41, 5.74) is 4.19. The predicted molar refractivity (Wildman–Crippen MR) is 128 cm³/mol. The molecule has 1 aromatic heterocycles. The first-order chi connectivity index (χ1) is 15.7. The summed E-state index contributed by atoms with van der Waals surface area (Å²) in [7, 11) is 0. The highest BCUT2D eigenvalue weighted by molar-refractivity contribution is 5.85. The molecule has 168 valence electrons. The molecule has 7 heteroatoms. The van der Waals surface area contributed by atoms with E-state index in [1.807, 2.05) is 6.20 Å². The van der Waals surface area contributed by atoms with Crippen LogP contribution in [0.15, 0.2) is 42.6 Å². The van der Waals surface area contributed by atoms with Crippen LogP contribution in [0.1, 0.15) is 24.8 Å². The summed E-state index contributed by atoms with van der Waals surface area (Å²) in [5.74, 6) is 1.42. The largest absolute Gasteiger partial charge is 0.488 e. The van der Waals surface area contributed by atoms with Gasteiger partial charge in [-0.15, -0.1) is 0 Å². The molecule has 2 aliphatic rings. The third kappa shape index (κ3) is 4.95. The molecule has 2 saturated heterocycles. The Labute approximate surface area is 189 Å². The first-order valence-corrected chi connectivity index (χ1v) is 11.6. The van der Waals surface area contributed by atoms with E-state index in [1.54, 1.807) is 0 Å². The number of aromatic nitrogens is 2. The quantitative estimate of drug-likeness (QED) is 0.629. The van der Waals surface area contributed by atoms with Crippen molar-refractivity contribution < 1.29 is 9.47 Å². The summed E-state index contributed by atoms with van der Waals surface area (Å²) in [6, 6.07) is 12.6. The summed E-state index contributed by atoms with van der Waals surface area (Å²) in [5, 5.41) is 7.80. The number of nitrogens with zero attached hydrogens (tertiary/aromatic N) is 3. The Morgan fingerprint density at radius 1 is 1.09 bits per heavy atom. The average Bonchev–Trinajstić information content (AvgIpc) is 3.09. The maximum Gasteiger partial charge on any atom is 0.227 e. The zero-order valence-corrected chi connectivity index (χ0v) is 18.6. The van der Waals surface area contributed by atoms with E-state index in [9.17, 15) is 0 Å². The van der Waals surface area contributed by atoms with E-state index < -0.39 is 0 Å². The Morgan fingerprint density at radius 2 is 1.94 bits per heavy atom. The zero-order valence-electron chi connectivity index (χ0n) is 18.6. The van der Waals surface area contributed by atoms with Crippen LogP contribution in [0.3, 0.4) is 0 Å². The molecule has 0 bridgehead atoms. The van der Waals surface area contributed by atoms with Crippen LogP contribution in [0.2, 0.25) is 0 Å². The predicted octanol–water partition coefficient (Wildman–Crippen LogP) is 4.04. The summed E-state index contributed by atoms with van der Waals surface area (Å²) in [4.78, 5) is 11.7. The molecule has 2 aromatic carbocycles. The highest BCUT2D eigenvalue weighted by Crippen LogP contribution is 2.29. The third-order valence-electron chi connectivity index (χ3n) is 6.11. The maximum absolute atomic E-state index is 6.44. The van der Waals surface area contributed by atoms with Crippen LogP contribution >= 0.6 is 0 Å². The fourth-order valence-corrected chi connectivity index (χ4v) is 4.40. The minimum atomic E-state index is 0.217. The fraction of sp³-hybridized carbons (Fsp3) is 0.440. The van der Waals surface area contributed by atoms with Crippen LogP contribution in [-0.2, 0) is 4.74 Å². The molecular formula is C25H31N5O2. The lowest BCUT2D eigenvalue weighted by Gasteiger charge is -2.28. The van der Waals surface area contributed by atoms with Gasteiger partial charge in [0.15, 0.2) is 0 Å². The van der Waals surface area contributed by atoms with Crippen LogP contribution < -0.4 is 20.3 Å². The number of fused-ring (bicyclic) bond motifs is 1. The molecule has 2 N–H and O–H groups in total. The molecule has 3 aromatic rings. The molecule has 0 aliphatic carbocycles. The molecule has 0 amide bonds. The van der Waals surface area contributed by atoms with Crippen molar-refractivity contribution in [1.29, 1.82) is 0 Å². The molecular weight excluding hydrogens is 402 g/mol. The second-order valence-corrected chi connectivity index (χ2v) is 8.59. The summed E-state index contributed by atoms with van der Waals surface area (Å²) in [6.45, 7) is 7.58. The number of rotatable bonds is 5. The summed E-state index contributed by atoms with van der Waals surface area (Å²) < 4.78 is 11.9.